The lowest BCUT2D eigenvalue weighted by Crippen LogP contribution is -2.26. The van der Waals surface area contributed by atoms with Crippen LogP contribution in [0.3, 0.4) is 0 Å². The Bertz CT molecular complexity index is 432. The maximum absolute atomic E-state index is 4.68. The van der Waals surface area contributed by atoms with E-state index in [1.54, 1.807) is 0 Å². The third kappa shape index (κ3) is 2.98. The van der Waals surface area contributed by atoms with Gasteiger partial charge in [-0.25, -0.2) is 4.98 Å². The number of aromatic nitrogens is 1. The molecule has 110 valence electrons. The quantitative estimate of drug-likeness (QED) is 0.861. The van der Waals surface area contributed by atoms with Crippen molar-refractivity contribution < 1.29 is 0 Å². The summed E-state index contributed by atoms with van der Waals surface area (Å²) in [6.45, 7) is 7.95. The number of hydrogen-bond donors (Lipinski definition) is 1. The lowest BCUT2D eigenvalue weighted by atomic mass is 9.82. The summed E-state index contributed by atoms with van der Waals surface area (Å²) < 4.78 is 0. The molecule has 0 radical (unpaired) electrons. The van der Waals surface area contributed by atoms with Crippen molar-refractivity contribution in [3.63, 3.8) is 0 Å². The zero-order valence-electron chi connectivity index (χ0n) is 12.9. The third-order valence-electron chi connectivity index (χ3n) is 5.24. The Balaban J connectivity index is 1.59. The van der Waals surface area contributed by atoms with Crippen LogP contribution < -0.4 is 10.2 Å². The molecule has 3 nitrogen and oxygen atoms in total. The third-order valence-corrected chi connectivity index (χ3v) is 5.24. The van der Waals surface area contributed by atoms with Crippen molar-refractivity contribution >= 4 is 5.82 Å². The van der Waals surface area contributed by atoms with Crippen LogP contribution in [0.2, 0.25) is 0 Å². The Hall–Kier alpha value is -1.09. The van der Waals surface area contributed by atoms with Gasteiger partial charge in [0.2, 0.25) is 0 Å². The summed E-state index contributed by atoms with van der Waals surface area (Å²) in [5.74, 6) is 1.16. The molecule has 2 heterocycles. The number of nitrogens with one attached hydrogen (secondary N) is 1. The molecule has 3 heteroatoms. The molecule has 1 saturated heterocycles. The number of anilines is 1. The molecule has 0 bridgehead atoms. The van der Waals surface area contributed by atoms with E-state index in [9.17, 15) is 0 Å². The van der Waals surface area contributed by atoms with E-state index in [1.165, 1.54) is 44.2 Å². The smallest absolute Gasteiger partial charge is 0.128 e. The highest BCUT2D eigenvalue weighted by Crippen LogP contribution is 2.38. The highest BCUT2D eigenvalue weighted by atomic mass is 15.2. The first-order valence-electron chi connectivity index (χ1n) is 8.18. The Morgan fingerprint density at radius 1 is 1.30 bits per heavy atom. The average Bonchev–Trinajstić information content (AvgIpc) is 3.23. The second-order valence-electron chi connectivity index (χ2n) is 6.56. The second kappa shape index (κ2) is 5.72. The molecule has 20 heavy (non-hydrogen) atoms. The minimum Gasteiger partial charge on any atom is -0.356 e. The van der Waals surface area contributed by atoms with Crippen LogP contribution in [0.15, 0.2) is 18.3 Å². The van der Waals surface area contributed by atoms with E-state index in [0.29, 0.717) is 5.41 Å². The van der Waals surface area contributed by atoms with E-state index in [-0.39, 0.29) is 0 Å². The number of nitrogens with zero attached hydrogens (tertiary/aromatic N) is 2. The molecule has 1 saturated carbocycles. The average molecular weight is 273 g/mol. The first-order valence-corrected chi connectivity index (χ1v) is 8.18. The molecular formula is C17H27N3. The van der Waals surface area contributed by atoms with Gasteiger partial charge in [0.05, 0.1) is 0 Å². The van der Waals surface area contributed by atoms with Crippen molar-refractivity contribution in [2.24, 2.45) is 5.41 Å². The molecule has 1 aliphatic heterocycles. The van der Waals surface area contributed by atoms with Gasteiger partial charge in [0.1, 0.15) is 5.82 Å². The van der Waals surface area contributed by atoms with Crippen molar-refractivity contribution in [3.05, 3.63) is 23.9 Å². The fourth-order valence-electron chi connectivity index (χ4n) is 3.22. The van der Waals surface area contributed by atoms with Crippen molar-refractivity contribution in [1.29, 1.82) is 0 Å². The summed E-state index contributed by atoms with van der Waals surface area (Å²) in [6, 6.07) is 5.20. The van der Waals surface area contributed by atoms with Gasteiger partial charge in [-0.2, -0.15) is 0 Å². The zero-order valence-corrected chi connectivity index (χ0v) is 12.9. The summed E-state index contributed by atoms with van der Waals surface area (Å²) in [5, 5.41) is 3.54. The van der Waals surface area contributed by atoms with E-state index in [4.69, 9.17) is 0 Å². The van der Waals surface area contributed by atoms with E-state index >= 15 is 0 Å². The number of pyridine rings is 1. The van der Waals surface area contributed by atoms with Crippen LogP contribution in [0.5, 0.6) is 0 Å². The molecule has 2 aliphatic rings. The van der Waals surface area contributed by atoms with E-state index in [0.717, 1.165) is 24.9 Å². The highest BCUT2D eigenvalue weighted by molar-refractivity contribution is 5.41. The van der Waals surface area contributed by atoms with Crippen molar-refractivity contribution in [2.45, 2.75) is 58.5 Å². The van der Waals surface area contributed by atoms with Crippen LogP contribution in [0.4, 0.5) is 5.82 Å². The summed E-state index contributed by atoms with van der Waals surface area (Å²) in [6.07, 6.45) is 8.60. The molecule has 0 atom stereocenters. The second-order valence-corrected chi connectivity index (χ2v) is 6.56. The fraction of sp³-hybridized carbons (Fsp3) is 0.706. The van der Waals surface area contributed by atoms with Gasteiger partial charge in [0.25, 0.3) is 0 Å². The number of hydrogen-bond acceptors (Lipinski definition) is 3. The SMILES string of the molecule is CCC1(CC)CCN(c2ccc(CNC3CC3)cn2)C1. The molecule has 1 aromatic heterocycles. The molecule has 1 aliphatic carbocycles. The monoisotopic (exact) mass is 273 g/mol. The predicted molar refractivity (Wildman–Crippen MR) is 83.9 cm³/mol. The molecule has 0 unspecified atom stereocenters. The minimum atomic E-state index is 0.522. The largest absolute Gasteiger partial charge is 0.356 e. The molecule has 1 aromatic rings. The van der Waals surface area contributed by atoms with Crippen LogP contribution in [0.1, 0.15) is 51.5 Å². The predicted octanol–water partition coefficient (Wildman–Crippen LogP) is 3.35. The van der Waals surface area contributed by atoms with E-state index in [2.05, 4.69) is 41.2 Å². The molecule has 0 spiro atoms. The lowest BCUT2D eigenvalue weighted by molar-refractivity contribution is 0.301. The van der Waals surface area contributed by atoms with Crippen LogP contribution in [-0.4, -0.2) is 24.1 Å². The summed E-state index contributed by atoms with van der Waals surface area (Å²) in [7, 11) is 0. The first kappa shape index (κ1) is 13.9. The Morgan fingerprint density at radius 3 is 2.65 bits per heavy atom. The molecular weight excluding hydrogens is 246 g/mol. The van der Waals surface area contributed by atoms with Crippen LogP contribution >= 0.6 is 0 Å². The minimum absolute atomic E-state index is 0.522. The normalized spacial score (nSPS) is 21.4. The van der Waals surface area contributed by atoms with Gasteiger partial charge < -0.3 is 10.2 Å². The molecule has 1 N–H and O–H groups in total. The van der Waals surface area contributed by atoms with Crippen molar-refractivity contribution in [2.75, 3.05) is 18.0 Å². The maximum atomic E-state index is 4.68. The molecule has 3 rings (SSSR count). The van der Waals surface area contributed by atoms with Gasteiger partial charge in [0, 0.05) is 31.9 Å². The Labute approximate surface area is 122 Å². The molecule has 0 amide bonds. The van der Waals surface area contributed by atoms with Gasteiger partial charge in [0.15, 0.2) is 0 Å². The molecule has 0 aromatic carbocycles. The summed E-state index contributed by atoms with van der Waals surface area (Å²) in [5.41, 5.74) is 1.82. The zero-order chi connectivity index (χ0) is 14.0. The van der Waals surface area contributed by atoms with Crippen LogP contribution in [-0.2, 0) is 6.54 Å². The van der Waals surface area contributed by atoms with Gasteiger partial charge in [-0.1, -0.05) is 19.9 Å². The topological polar surface area (TPSA) is 28.2 Å². The first-order chi connectivity index (χ1) is 9.74. The summed E-state index contributed by atoms with van der Waals surface area (Å²) in [4.78, 5) is 7.14. The lowest BCUT2D eigenvalue weighted by Gasteiger charge is -2.26. The van der Waals surface area contributed by atoms with Gasteiger partial charge in [-0.15, -0.1) is 0 Å². The highest BCUT2D eigenvalue weighted by Gasteiger charge is 2.35. The van der Waals surface area contributed by atoms with Gasteiger partial charge >= 0.3 is 0 Å². The number of rotatable bonds is 6. The van der Waals surface area contributed by atoms with Gasteiger partial charge in [-0.05, 0) is 49.1 Å². The van der Waals surface area contributed by atoms with E-state index < -0.39 is 0 Å². The molecule has 2 fully saturated rings. The van der Waals surface area contributed by atoms with E-state index in [1.807, 2.05) is 6.20 Å². The van der Waals surface area contributed by atoms with Crippen molar-refractivity contribution in [3.8, 4) is 0 Å². The van der Waals surface area contributed by atoms with Crippen LogP contribution in [0.25, 0.3) is 0 Å². The standard InChI is InChI=1S/C17H27N3/c1-3-17(4-2)9-10-20(13-17)16-8-5-14(12-19-16)11-18-15-6-7-15/h5,8,12,15,18H,3-4,6-7,9-11,13H2,1-2H3. The summed E-state index contributed by atoms with van der Waals surface area (Å²) >= 11 is 0. The Morgan fingerprint density at radius 2 is 2.10 bits per heavy atom. The van der Waals surface area contributed by atoms with Crippen molar-refractivity contribution in [1.82, 2.24) is 10.3 Å². The van der Waals surface area contributed by atoms with Crippen LogP contribution in [0, 0.1) is 5.41 Å². The maximum Gasteiger partial charge on any atom is 0.128 e. The van der Waals surface area contributed by atoms with Gasteiger partial charge in [-0.3, -0.25) is 0 Å². The fourth-order valence-corrected chi connectivity index (χ4v) is 3.22. The Kier molecular flexibility index (Phi) is 3.97.